The molecule has 166 valence electrons. The molecule has 6 N–H and O–H groups in total. The second kappa shape index (κ2) is 9.74. The summed E-state index contributed by atoms with van der Waals surface area (Å²) in [7, 11) is 0. The highest BCUT2D eigenvalue weighted by atomic mass is 16.4. The Kier molecular flexibility index (Phi) is 7.35. The molecule has 0 bridgehead atoms. The van der Waals surface area contributed by atoms with Crippen molar-refractivity contribution >= 4 is 35.9 Å². The lowest BCUT2D eigenvalue weighted by Crippen LogP contribution is -2.17. The quantitative estimate of drug-likeness (QED) is 0.295. The van der Waals surface area contributed by atoms with E-state index in [1.807, 2.05) is 0 Å². The van der Waals surface area contributed by atoms with Crippen LogP contribution in [0.1, 0.15) is 48.2 Å². The summed E-state index contributed by atoms with van der Waals surface area (Å²) in [4.78, 5) is 59.8. The molecule has 1 aromatic rings. The van der Waals surface area contributed by atoms with Crippen LogP contribution in [0.3, 0.4) is 0 Å². The molecular formula is C20H22N2O9. The summed E-state index contributed by atoms with van der Waals surface area (Å²) < 4.78 is 0. The number of carbonyl (C=O) groups excluding carboxylic acids is 1. The highest BCUT2D eigenvalue weighted by molar-refractivity contribution is 6.03. The summed E-state index contributed by atoms with van der Waals surface area (Å²) in [6.45, 7) is 1.63. The Labute approximate surface area is 176 Å². The van der Waals surface area contributed by atoms with Gasteiger partial charge in [-0.25, -0.2) is 0 Å². The second-order valence-electron chi connectivity index (χ2n) is 7.02. The van der Waals surface area contributed by atoms with Crippen LogP contribution in [-0.2, 0) is 36.8 Å². The van der Waals surface area contributed by atoms with Gasteiger partial charge in [0.15, 0.2) is 0 Å². The largest absolute Gasteiger partial charge is 0.481 e. The maximum absolute atomic E-state index is 12.3. The minimum atomic E-state index is -1.22. The Balaban J connectivity index is 2.55. The first-order chi connectivity index (χ1) is 14.5. The smallest absolute Gasteiger partial charge is 0.307 e. The molecule has 1 aliphatic heterocycles. The van der Waals surface area contributed by atoms with Crippen molar-refractivity contribution in [3.8, 4) is 0 Å². The average molecular weight is 434 g/mol. The highest BCUT2D eigenvalue weighted by Gasteiger charge is 2.29. The number of carbonyl (C=O) groups is 5. The lowest BCUT2D eigenvalue weighted by molar-refractivity contribution is -0.138. The van der Waals surface area contributed by atoms with Gasteiger partial charge < -0.3 is 30.7 Å². The van der Waals surface area contributed by atoms with Gasteiger partial charge in [-0.05, 0) is 42.5 Å². The molecule has 1 aliphatic rings. The van der Waals surface area contributed by atoms with Crippen molar-refractivity contribution in [2.45, 2.75) is 45.4 Å². The molecule has 2 rings (SSSR count). The Morgan fingerprint density at radius 3 is 1.94 bits per heavy atom. The van der Waals surface area contributed by atoms with Crippen LogP contribution in [0.5, 0.6) is 0 Å². The first-order valence-corrected chi connectivity index (χ1v) is 9.32. The third kappa shape index (κ3) is 6.04. The van der Waals surface area contributed by atoms with Crippen LogP contribution in [0.15, 0.2) is 16.8 Å². The van der Waals surface area contributed by atoms with E-state index in [0.717, 1.165) is 0 Å². The molecule has 1 amide bonds. The van der Waals surface area contributed by atoms with Gasteiger partial charge in [0.25, 0.3) is 5.91 Å². The van der Waals surface area contributed by atoms with E-state index >= 15 is 0 Å². The Morgan fingerprint density at radius 2 is 1.39 bits per heavy atom. The number of rotatable bonds is 11. The topological polar surface area (TPSA) is 194 Å². The first-order valence-electron chi connectivity index (χ1n) is 9.32. The summed E-state index contributed by atoms with van der Waals surface area (Å²) in [6, 6.07) is 0. The molecule has 0 aromatic carbocycles. The summed E-state index contributed by atoms with van der Waals surface area (Å²) in [6.07, 6.45) is -0.165. The van der Waals surface area contributed by atoms with Gasteiger partial charge in [-0.15, -0.1) is 0 Å². The number of hydrogen-bond acceptors (Lipinski definition) is 5. The van der Waals surface area contributed by atoms with Gasteiger partial charge in [0, 0.05) is 35.5 Å². The molecule has 2 heterocycles. The number of allylic oxidation sites excluding steroid dienone is 1. The maximum atomic E-state index is 12.3. The molecule has 0 unspecified atom stereocenters. The van der Waals surface area contributed by atoms with Crippen LogP contribution in [0.2, 0.25) is 0 Å². The van der Waals surface area contributed by atoms with E-state index in [4.69, 9.17) is 10.2 Å². The molecule has 0 saturated heterocycles. The van der Waals surface area contributed by atoms with E-state index in [0.29, 0.717) is 22.5 Å². The summed E-state index contributed by atoms with van der Waals surface area (Å²) in [5.74, 6) is -5.14. The third-order valence-corrected chi connectivity index (χ3v) is 4.80. The number of aromatic amines is 1. The normalized spacial score (nSPS) is 14.7. The van der Waals surface area contributed by atoms with Gasteiger partial charge in [-0.2, -0.15) is 0 Å². The van der Waals surface area contributed by atoms with E-state index in [1.165, 1.54) is 6.08 Å². The number of amides is 1. The van der Waals surface area contributed by atoms with Crippen LogP contribution in [0, 0.1) is 6.92 Å². The summed E-state index contributed by atoms with van der Waals surface area (Å²) in [5, 5.41) is 38.9. The first kappa shape index (κ1) is 23.4. The van der Waals surface area contributed by atoms with Gasteiger partial charge in [0.1, 0.15) is 0 Å². The predicted molar refractivity (Wildman–Crippen MR) is 105 cm³/mol. The number of carboxylic acid groups (broad SMARTS) is 4. The third-order valence-electron chi connectivity index (χ3n) is 4.80. The molecule has 0 saturated carbocycles. The molecular weight excluding hydrogens is 412 g/mol. The number of nitrogens with one attached hydrogen (secondary N) is 2. The number of hydrogen-bond donors (Lipinski definition) is 6. The Hall–Kier alpha value is -3.89. The molecule has 0 spiro atoms. The number of H-pyrrole nitrogens is 1. The van der Waals surface area contributed by atoms with Crippen molar-refractivity contribution < 1.29 is 44.4 Å². The van der Waals surface area contributed by atoms with Gasteiger partial charge >= 0.3 is 23.9 Å². The van der Waals surface area contributed by atoms with Crippen molar-refractivity contribution in [2.75, 3.05) is 0 Å². The lowest BCUT2D eigenvalue weighted by atomic mass is 9.98. The minimum Gasteiger partial charge on any atom is -0.481 e. The van der Waals surface area contributed by atoms with E-state index < -0.39 is 36.2 Å². The molecule has 0 atom stereocenters. The Bertz CT molecular complexity index is 1010. The van der Waals surface area contributed by atoms with Gasteiger partial charge in [-0.1, -0.05) is 0 Å². The zero-order valence-corrected chi connectivity index (χ0v) is 16.7. The molecule has 0 fully saturated rings. The molecule has 0 aliphatic carbocycles. The fraction of sp³-hybridized carbons (Fsp3) is 0.350. The standard InChI is InChI=1S/C20H22N2O9/c1-9-12(6-18(27)28)10(2-4-16(23)24)14(21-9)8-15-13(7-19(29)30)11(20(31)22-15)3-5-17(25)26/h8,21H,2-7H2,1H3,(H,22,31)(H,23,24)(H,25,26)(H,27,28)(H,29,30)/b15-8-. The number of aliphatic carboxylic acids is 4. The fourth-order valence-electron chi connectivity index (χ4n) is 3.46. The maximum Gasteiger partial charge on any atom is 0.307 e. The zero-order chi connectivity index (χ0) is 23.3. The van der Waals surface area contributed by atoms with E-state index in [-0.39, 0.29) is 48.9 Å². The fourth-order valence-corrected chi connectivity index (χ4v) is 3.46. The van der Waals surface area contributed by atoms with Crippen molar-refractivity contribution in [1.82, 2.24) is 10.3 Å². The van der Waals surface area contributed by atoms with Crippen LogP contribution in [0.4, 0.5) is 0 Å². The van der Waals surface area contributed by atoms with Crippen LogP contribution < -0.4 is 5.32 Å². The number of aromatic nitrogens is 1. The lowest BCUT2D eigenvalue weighted by Gasteiger charge is -2.07. The monoisotopic (exact) mass is 434 g/mol. The van der Waals surface area contributed by atoms with Gasteiger partial charge in [-0.3, -0.25) is 24.0 Å². The second-order valence-corrected chi connectivity index (χ2v) is 7.02. The molecule has 0 radical (unpaired) electrons. The van der Waals surface area contributed by atoms with E-state index in [2.05, 4.69) is 10.3 Å². The molecule has 11 heteroatoms. The van der Waals surface area contributed by atoms with Crippen molar-refractivity contribution in [1.29, 1.82) is 0 Å². The number of carboxylic acids is 4. The van der Waals surface area contributed by atoms with E-state index in [1.54, 1.807) is 6.92 Å². The molecule has 11 nitrogen and oxygen atoms in total. The van der Waals surface area contributed by atoms with Crippen LogP contribution in [-0.4, -0.2) is 55.2 Å². The molecule has 1 aromatic heterocycles. The van der Waals surface area contributed by atoms with Crippen molar-refractivity contribution in [3.05, 3.63) is 39.4 Å². The van der Waals surface area contributed by atoms with Gasteiger partial charge in [0.2, 0.25) is 0 Å². The summed E-state index contributed by atoms with van der Waals surface area (Å²) >= 11 is 0. The van der Waals surface area contributed by atoms with Crippen LogP contribution in [0.25, 0.3) is 6.08 Å². The number of aryl methyl sites for hydroxylation is 1. The summed E-state index contributed by atoms with van der Waals surface area (Å²) in [5.41, 5.74) is 2.05. The zero-order valence-electron chi connectivity index (χ0n) is 16.7. The SMILES string of the molecule is Cc1[nH]c(/C=C2\NC(=O)C(CCC(=O)O)=C2CC(=O)O)c(CCC(=O)O)c1CC(=O)O. The molecule has 31 heavy (non-hydrogen) atoms. The predicted octanol–water partition coefficient (Wildman–Crippen LogP) is 1.07. The van der Waals surface area contributed by atoms with E-state index in [9.17, 15) is 34.2 Å². The minimum absolute atomic E-state index is 0.0270. The highest BCUT2D eigenvalue weighted by Crippen LogP contribution is 2.31. The average Bonchev–Trinajstić information content (AvgIpc) is 3.07. The van der Waals surface area contributed by atoms with Gasteiger partial charge in [0.05, 0.1) is 12.8 Å². The van der Waals surface area contributed by atoms with Crippen molar-refractivity contribution in [2.24, 2.45) is 0 Å². The van der Waals surface area contributed by atoms with Crippen molar-refractivity contribution in [3.63, 3.8) is 0 Å². The van der Waals surface area contributed by atoms with Crippen LogP contribution >= 0.6 is 0 Å². The Morgan fingerprint density at radius 1 is 0.806 bits per heavy atom.